The van der Waals surface area contributed by atoms with Crippen LogP contribution in [0.15, 0.2) is 4.99 Å². The van der Waals surface area contributed by atoms with Crippen molar-refractivity contribution in [3.63, 3.8) is 0 Å². The van der Waals surface area contributed by atoms with Gasteiger partial charge >= 0.3 is 5.97 Å². The van der Waals surface area contributed by atoms with E-state index in [9.17, 15) is 9.59 Å². The summed E-state index contributed by atoms with van der Waals surface area (Å²) in [7, 11) is 0. The van der Waals surface area contributed by atoms with Crippen LogP contribution >= 0.6 is 24.0 Å². The summed E-state index contributed by atoms with van der Waals surface area (Å²) in [5.74, 6) is 0.979. The van der Waals surface area contributed by atoms with E-state index in [1.807, 2.05) is 11.8 Å². The van der Waals surface area contributed by atoms with Crippen LogP contribution in [0.2, 0.25) is 0 Å². The van der Waals surface area contributed by atoms with Gasteiger partial charge in [0.2, 0.25) is 0 Å². The first-order valence-corrected chi connectivity index (χ1v) is 11.2. The van der Waals surface area contributed by atoms with E-state index in [1.165, 1.54) is 0 Å². The van der Waals surface area contributed by atoms with Crippen molar-refractivity contribution >= 4 is 41.8 Å². The van der Waals surface area contributed by atoms with Gasteiger partial charge in [0, 0.05) is 52.3 Å². The summed E-state index contributed by atoms with van der Waals surface area (Å²) in [5.41, 5.74) is 0. The van der Waals surface area contributed by atoms with E-state index in [0.717, 1.165) is 83.8 Å². The van der Waals surface area contributed by atoms with Gasteiger partial charge in [-0.1, -0.05) is 12.8 Å². The fourth-order valence-electron chi connectivity index (χ4n) is 3.69. The molecule has 9 heteroatoms. The summed E-state index contributed by atoms with van der Waals surface area (Å²) in [4.78, 5) is 32.7. The van der Waals surface area contributed by atoms with Crippen LogP contribution in [0.4, 0.5) is 0 Å². The Balaban J connectivity index is 0.00000450. The molecule has 0 spiro atoms. The third-order valence-corrected chi connectivity index (χ3v) is 5.29. The standard InChI is InChI=1S/C21H38N4O4.HI/c1-3-22-21(23-12-8-6-5-7-11-19(26)28-4-2)25-15-13-24(14-16-25)20(27)18-10-9-17-29-18;/h18H,3-17H2,1-2H3,(H,22,23);1H. The topological polar surface area (TPSA) is 83.5 Å². The molecule has 1 atom stereocenters. The van der Waals surface area contributed by atoms with Crippen LogP contribution in [-0.2, 0) is 19.1 Å². The van der Waals surface area contributed by atoms with Gasteiger partial charge in [-0.05, 0) is 39.5 Å². The third kappa shape index (κ3) is 9.36. The Labute approximate surface area is 198 Å². The first-order chi connectivity index (χ1) is 14.2. The Morgan fingerprint density at radius 2 is 1.77 bits per heavy atom. The normalized spacial score (nSPS) is 19.4. The molecule has 174 valence electrons. The molecule has 0 radical (unpaired) electrons. The van der Waals surface area contributed by atoms with Gasteiger partial charge < -0.3 is 24.6 Å². The maximum atomic E-state index is 12.5. The van der Waals surface area contributed by atoms with Gasteiger partial charge in [0.05, 0.1) is 6.61 Å². The summed E-state index contributed by atoms with van der Waals surface area (Å²) < 4.78 is 10.5. The zero-order chi connectivity index (χ0) is 20.9. The van der Waals surface area contributed by atoms with Gasteiger partial charge in [0.15, 0.2) is 5.96 Å². The van der Waals surface area contributed by atoms with Crippen LogP contribution < -0.4 is 5.32 Å². The number of rotatable bonds is 10. The van der Waals surface area contributed by atoms with Crippen molar-refractivity contribution in [3.05, 3.63) is 0 Å². The van der Waals surface area contributed by atoms with E-state index in [-0.39, 0.29) is 42.0 Å². The van der Waals surface area contributed by atoms with E-state index < -0.39 is 0 Å². The number of guanidine groups is 1. The highest BCUT2D eigenvalue weighted by molar-refractivity contribution is 14.0. The number of ether oxygens (including phenoxy) is 2. The molecule has 1 amide bonds. The second-order valence-electron chi connectivity index (χ2n) is 7.52. The predicted molar refractivity (Wildman–Crippen MR) is 128 cm³/mol. The van der Waals surface area contributed by atoms with Crippen LogP contribution in [-0.4, -0.2) is 86.2 Å². The Bertz CT molecular complexity index is 533. The predicted octanol–water partition coefficient (Wildman–Crippen LogP) is 2.41. The van der Waals surface area contributed by atoms with Crippen molar-refractivity contribution in [2.75, 3.05) is 52.5 Å². The lowest BCUT2D eigenvalue weighted by molar-refractivity contribution is -0.143. The summed E-state index contributed by atoms with van der Waals surface area (Å²) in [6, 6.07) is 0. The Hall–Kier alpha value is -1.10. The number of nitrogens with zero attached hydrogens (tertiary/aromatic N) is 3. The summed E-state index contributed by atoms with van der Waals surface area (Å²) in [6.07, 6.45) is 6.08. The van der Waals surface area contributed by atoms with Crippen molar-refractivity contribution in [1.29, 1.82) is 0 Å². The Morgan fingerprint density at radius 3 is 2.40 bits per heavy atom. The molecule has 1 N–H and O–H groups in total. The molecular weight excluding hydrogens is 499 g/mol. The molecule has 30 heavy (non-hydrogen) atoms. The highest BCUT2D eigenvalue weighted by atomic mass is 127. The monoisotopic (exact) mass is 538 g/mol. The number of hydrogen-bond donors (Lipinski definition) is 1. The highest BCUT2D eigenvalue weighted by Gasteiger charge is 2.30. The Morgan fingerprint density at radius 1 is 1.07 bits per heavy atom. The van der Waals surface area contributed by atoms with Crippen LogP contribution in [0, 0.1) is 0 Å². The summed E-state index contributed by atoms with van der Waals surface area (Å²) in [5, 5.41) is 3.37. The molecule has 0 bridgehead atoms. The van der Waals surface area contributed by atoms with Crippen molar-refractivity contribution in [3.8, 4) is 0 Å². The number of piperazine rings is 1. The number of amides is 1. The SMILES string of the molecule is CCNC(=NCCCCCCC(=O)OCC)N1CCN(C(=O)C2CCCO2)CC1.I. The van der Waals surface area contributed by atoms with Gasteiger partial charge in [0.1, 0.15) is 6.10 Å². The quantitative estimate of drug-likeness (QED) is 0.151. The van der Waals surface area contributed by atoms with E-state index in [2.05, 4.69) is 17.1 Å². The maximum Gasteiger partial charge on any atom is 0.305 e. The molecule has 0 saturated carbocycles. The average molecular weight is 538 g/mol. The van der Waals surface area contributed by atoms with Crippen molar-refractivity contribution in [2.24, 2.45) is 4.99 Å². The molecule has 8 nitrogen and oxygen atoms in total. The third-order valence-electron chi connectivity index (χ3n) is 5.29. The van der Waals surface area contributed by atoms with Crippen molar-refractivity contribution < 1.29 is 19.1 Å². The van der Waals surface area contributed by atoms with Crippen LogP contribution in [0.1, 0.15) is 58.8 Å². The fourth-order valence-corrected chi connectivity index (χ4v) is 3.69. The number of esters is 1. The first-order valence-electron chi connectivity index (χ1n) is 11.2. The number of unbranched alkanes of at least 4 members (excludes halogenated alkanes) is 3. The largest absolute Gasteiger partial charge is 0.466 e. The highest BCUT2D eigenvalue weighted by Crippen LogP contribution is 2.16. The van der Waals surface area contributed by atoms with Gasteiger partial charge in [0.25, 0.3) is 5.91 Å². The summed E-state index contributed by atoms with van der Waals surface area (Å²) in [6.45, 7) is 9.70. The average Bonchev–Trinajstić information content (AvgIpc) is 3.27. The van der Waals surface area contributed by atoms with Crippen LogP contribution in [0.5, 0.6) is 0 Å². The van der Waals surface area contributed by atoms with Gasteiger partial charge in [-0.2, -0.15) is 0 Å². The van der Waals surface area contributed by atoms with Crippen molar-refractivity contribution in [2.45, 2.75) is 64.9 Å². The van der Waals surface area contributed by atoms with Crippen molar-refractivity contribution in [1.82, 2.24) is 15.1 Å². The molecule has 2 heterocycles. The Kier molecular flexibility index (Phi) is 14.1. The minimum Gasteiger partial charge on any atom is -0.466 e. The molecule has 2 rings (SSSR count). The van der Waals surface area contributed by atoms with E-state index in [0.29, 0.717) is 19.6 Å². The molecule has 0 aromatic rings. The number of nitrogens with one attached hydrogen (secondary N) is 1. The molecule has 0 aromatic heterocycles. The number of carbonyl (C=O) groups excluding carboxylic acids is 2. The lowest BCUT2D eigenvalue weighted by Gasteiger charge is -2.37. The van der Waals surface area contributed by atoms with E-state index >= 15 is 0 Å². The zero-order valence-electron chi connectivity index (χ0n) is 18.6. The number of aliphatic imine (C=N–C) groups is 1. The minimum absolute atomic E-state index is 0. The second-order valence-corrected chi connectivity index (χ2v) is 7.52. The van der Waals surface area contributed by atoms with E-state index in [1.54, 1.807) is 0 Å². The zero-order valence-corrected chi connectivity index (χ0v) is 20.9. The second kappa shape index (κ2) is 15.7. The molecule has 2 aliphatic rings. The first kappa shape index (κ1) is 26.9. The maximum absolute atomic E-state index is 12.5. The lowest BCUT2D eigenvalue weighted by Crippen LogP contribution is -2.55. The molecule has 1 unspecified atom stereocenters. The minimum atomic E-state index is -0.229. The number of halogens is 1. The molecule has 2 saturated heterocycles. The van der Waals surface area contributed by atoms with Crippen LogP contribution in [0.3, 0.4) is 0 Å². The molecular formula is C21H39IN4O4. The van der Waals surface area contributed by atoms with Gasteiger partial charge in [-0.15, -0.1) is 24.0 Å². The molecule has 2 aliphatic heterocycles. The molecule has 0 aliphatic carbocycles. The number of hydrogen-bond acceptors (Lipinski definition) is 5. The van der Waals surface area contributed by atoms with E-state index in [4.69, 9.17) is 14.5 Å². The van der Waals surface area contributed by atoms with Crippen LogP contribution in [0.25, 0.3) is 0 Å². The number of carbonyl (C=O) groups is 2. The lowest BCUT2D eigenvalue weighted by atomic mass is 10.1. The van der Waals surface area contributed by atoms with Gasteiger partial charge in [-0.25, -0.2) is 0 Å². The fraction of sp³-hybridized carbons (Fsp3) is 0.857. The summed E-state index contributed by atoms with van der Waals surface area (Å²) >= 11 is 0. The molecule has 2 fully saturated rings. The molecule has 0 aromatic carbocycles. The van der Waals surface area contributed by atoms with Gasteiger partial charge in [-0.3, -0.25) is 14.6 Å². The smallest absolute Gasteiger partial charge is 0.305 e.